The van der Waals surface area contributed by atoms with Gasteiger partial charge in [-0.25, -0.2) is 0 Å². The summed E-state index contributed by atoms with van der Waals surface area (Å²) >= 11 is 0. The van der Waals surface area contributed by atoms with Crippen LogP contribution in [0, 0.1) is 0 Å². The van der Waals surface area contributed by atoms with Crippen molar-refractivity contribution >= 4 is 10.9 Å². The summed E-state index contributed by atoms with van der Waals surface area (Å²) in [5, 5.41) is 1.12. The van der Waals surface area contributed by atoms with Crippen LogP contribution < -0.4 is 11.3 Å². The molecule has 0 saturated carbocycles. The van der Waals surface area contributed by atoms with Gasteiger partial charge in [0.05, 0.1) is 11.6 Å². The van der Waals surface area contributed by atoms with Gasteiger partial charge in [0.2, 0.25) is 0 Å². The Kier molecular flexibility index (Phi) is 3.67. The lowest BCUT2D eigenvalue weighted by atomic mass is 9.97. The molecule has 3 aromatic rings. The first kappa shape index (κ1) is 12.7. The third kappa shape index (κ3) is 2.52. The minimum Gasteiger partial charge on any atom is -0.271 e. The summed E-state index contributed by atoms with van der Waals surface area (Å²) in [5.74, 6) is 5.75. The monoisotopic (exact) mass is 264 g/mol. The third-order valence-corrected chi connectivity index (χ3v) is 3.43. The Labute approximate surface area is 117 Å². The van der Waals surface area contributed by atoms with E-state index in [1.807, 2.05) is 30.5 Å². The van der Waals surface area contributed by atoms with E-state index in [9.17, 15) is 0 Å². The fourth-order valence-electron chi connectivity index (χ4n) is 2.42. The number of benzene rings is 1. The van der Waals surface area contributed by atoms with Crippen LogP contribution in [-0.2, 0) is 6.42 Å². The van der Waals surface area contributed by atoms with Crippen LogP contribution in [0.5, 0.6) is 0 Å². The molecule has 0 aliphatic heterocycles. The number of rotatable bonds is 4. The molecule has 0 amide bonds. The van der Waals surface area contributed by atoms with Crippen molar-refractivity contribution in [3.8, 4) is 0 Å². The number of nitrogens with one attached hydrogen (secondary N) is 1. The standard InChI is InChI=1S/C16H16N4/c17-20-15(11-12-6-9-18-10-7-12)14-5-1-3-13-4-2-8-19-16(13)14/h1-10,15,20H,11,17H2. The van der Waals surface area contributed by atoms with Crippen molar-refractivity contribution in [2.75, 3.05) is 0 Å². The summed E-state index contributed by atoms with van der Waals surface area (Å²) in [5.41, 5.74) is 6.20. The van der Waals surface area contributed by atoms with Gasteiger partial charge in [0.15, 0.2) is 0 Å². The molecule has 3 rings (SSSR count). The van der Waals surface area contributed by atoms with Gasteiger partial charge in [0, 0.05) is 24.0 Å². The van der Waals surface area contributed by atoms with Crippen molar-refractivity contribution in [3.63, 3.8) is 0 Å². The minimum absolute atomic E-state index is 0.0241. The molecule has 1 unspecified atom stereocenters. The number of hydrogen-bond acceptors (Lipinski definition) is 4. The van der Waals surface area contributed by atoms with E-state index in [1.54, 1.807) is 12.4 Å². The molecule has 1 aromatic carbocycles. The van der Waals surface area contributed by atoms with Crippen LogP contribution in [0.15, 0.2) is 61.1 Å². The minimum atomic E-state index is 0.0241. The summed E-state index contributed by atoms with van der Waals surface area (Å²) < 4.78 is 0. The second-order valence-electron chi connectivity index (χ2n) is 4.70. The summed E-state index contributed by atoms with van der Waals surface area (Å²) in [6, 6.07) is 14.2. The predicted molar refractivity (Wildman–Crippen MR) is 79.7 cm³/mol. The fourth-order valence-corrected chi connectivity index (χ4v) is 2.42. The Morgan fingerprint density at radius 2 is 1.80 bits per heavy atom. The van der Waals surface area contributed by atoms with Gasteiger partial charge in [-0.05, 0) is 35.7 Å². The summed E-state index contributed by atoms with van der Waals surface area (Å²) in [4.78, 5) is 8.52. The number of hydrogen-bond donors (Lipinski definition) is 2. The number of pyridine rings is 2. The molecule has 0 radical (unpaired) electrons. The fraction of sp³-hybridized carbons (Fsp3) is 0.125. The van der Waals surface area contributed by atoms with Gasteiger partial charge in [-0.15, -0.1) is 0 Å². The van der Waals surface area contributed by atoms with Gasteiger partial charge in [0.1, 0.15) is 0 Å². The number of fused-ring (bicyclic) bond motifs is 1. The summed E-state index contributed by atoms with van der Waals surface area (Å²) in [6.45, 7) is 0. The van der Waals surface area contributed by atoms with Crippen molar-refractivity contribution in [2.24, 2.45) is 5.84 Å². The Bertz CT molecular complexity index is 692. The molecule has 4 heteroatoms. The van der Waals surface area contributed by atoms with E-state index in [0.29, 0.717) is 0 Å². The smallest absolute Gasteiger partial charge is 0.0750 e. The van der Waals surface area contributed by atoms with Crippen molar-refractivity contribution in [3.05, 3.63) is 72.2 Å². The molecule has 20 heavy (non-hydrogen) atoms. The van der Waals surface area contributed by atoms with Gasteiger partial charge < -0.3 is 0 Å². The predicted octanol–water partition coefficient (Wildman–Crippen LogP) is 2.38. The van der Waals surface area contributed by atoms with Crippen LogP contribution in [0.3, 0.4) is 0 Å². The van der Waals surface area contributed by atoms with E-state index >= 15 is 0 Å². The maximum Gasteiger partial charge on any atom is 0.0750 e. The van der Waals surface area contributed by atoms with E-state index in [2.05, 4.69) is 33.6 Å². The average molecular weight is 264 g/mol. The summed E-state index contributed by atoms with van der Waals surface area (Å²) in [7, 11) is 0. The maximum absolute atomic E-state index is 5.75. The van der Waals surface area contributed by atoms with Gasteiger partial charge in [-0.1, -0.05) is 24.3 Å². The Morgan fingerprint density at radius 3 is 2.60 bits per heavy atom. The zero-order valence-corrected chi connectivity index (χ0v) is 11.0. The molecule has 0 fully saturated rings. The molecular formula is C16H16N4. The van der Waals surface area contributed by atoms with Gasteiger partial charge >= 0.3 is 0 Å². The molecular weight excluding hydrogens is 248 g/mol. The number of hydrazine groups is 1. The zero-order valence-electron chi connectivity index (χ0n) is 11.0. The molecule has 0 bridgehead atoms. The van der Waals surface area contributed by atoms with Crippen LogP contribution in [0.1, 0.15) is 17.2 Å². The molecule has 2 aromatic heterocycles. The molecule has 3 N–H and O–H groups in total. The lowest BCUT2D eigenvalue weighted by molar-refractivity contribution is 0.554. The van der Waals surface area contributed by atoms with E-state index in [1.165, 1.54) is 5.56 Å². The zero-order chi connectivity index (χ0) is 13.8. The number of nitrogens with two attached hydrogens (primary N) is 1. The summed E-state index contributed by atoms with van der Waals surface area (Å²) in [6.07, 6.45) is 6.20. The van der Waals surface area contributed by atoms with Crippen molar-refractivity contribution in [2.45, 2.75) is 12.5 Å². The second kappa shape index (κ2) is 5.77. The molecule has 0 aliphatic carbocycles. The SMILES string of the molecule is NNC(Cc1ccncc1)c1cccc2cccnc12. The Hall–Kier alpha value is -2.30. The maximum atomic E-state index is 5.75. The normalized spacial score (nSPS) is 12.4. The van der Waals surface area contributed by atoms with Gasteiger partial charge in [0.25, 0.3) is 0 Å². The van der Waals surface area contributed by atoms with E-state index in [0.717, 1.165) is 22.9 Å². The Morgan fingerprint density at radius 1 is 1.00 bits per heavy atom. The molecule has 0 saturated heterocycles. The van der Waals surface area contributed by atoms with E-state index < -0.39 is 0 Å². The third-order valence-electron chi connectivity index (χ3n) is 3.43. The lowest BCUT2D eigenvalue weighted by Crippen LogP contribution is -2.29. The van der Waals surface area contributed by atoms with Crippen molar-refractivity contribution in [1.82, 2.24) is 15.4 Å². The highest BCUT2D eigenvalue weighted by Crippen LogP contribution is 2.24. The largest absolute Gasteiger partial charge is 0.271 e. The topological polar surface area (TPSA) is 63.8 Å². The Balaban J connectivity index is 1.99. The number of nitrogens with zero attached hydrogens (tertiary/aromatic N) is 2. The van der Waals surface area contributed by atoms with Gasteiger partial charge in [-0.3, -0.25) is 21.2 Å². The number of aromatic nitrogens is 2. The van der Waals surface area contributed by atoms with Crippen LogP contribution in [0.25, 0.3) is 10.9 Å². The first-order valence-electron chi connectivity index (χ1n) is 6.57. The van der Waals surface area contributed by atoms with Crippen LogP contribution in [-0.4, -0.2) is 9.97 Å². The van der Waals surface area contributed by atoms with E-state index in [-0.39, 0.29) is 6.04 Å². The number of para-hydroxylation sites is 1. The van der Waals surface area contributed by atoms with Gasteiger partial charge in [-0.2, -0.15) is 0 Å². The molecule has 0 spiro atoms. The first-order valence-corrected chi connectivity index (χ1v) is 6.57. The van der Waals surface area contributed by atoms with Crippen LogP contribution >= 0.6 is 0 Å². The molecule has 4 nitrogen and oxygen atoms in total. The van der Waals surface area contributed by atoms with Crippen molar-refractivity contribution < 1.29 is 0 Å². The second-order valence-corrected chi connectivity index (χ2v) is 4.70. The highest BCUT2D eigenvalue weighted by Gasteiger charge is 2.14. The molecule has 2 heterocycles. The highest BCUT2D eigenvalue weighted by atomic mass is 15.2. The first-order chi connectivity index (χ1) is 9.88. The quantitative estimate of drug-likeness (QED) is 0.561. The highest BCUT2D eigenvalue weighted by molar-refractivity contribution is 5.82. The average Bonchev–Trinajstić information content (AvgIpc) is 2.53. The van der Waals surface area contributed by atoms with Crippen LogP contribution in [0.2, 0.25) is 0 Å². The molecule has 0 aliphatic rings. The molecule has 100 valence electrons. The lowest BCUT2D eigenvalue weighted by Gasteiger charge is -2.17. The van der Waals surface area contributed by atoms with Crippen molar-refractivity contribution in [1.29, 1.82) is 0 Å². The van der Waals surface area contributed by atoms with Crippen LogP contribution in [0.4, 0.5) is 0 Å². The molecule has 1 atom stereocenters. The van der Waals surface area contributed by atoms with E-state index in [4.69, 9.17) is 5.84 Å².